The van der Waals surface area contributed by atoms with Crippen LogP contribution in [0.5, 0.6) is 0 Å². The molecule has 19 heavy (non-hydrogen) atoms. The Morgan fingerprint density at radius 1 is 1.47 bits per heavy atom. The highest BCUT2D eigenvalue weighted by atomic mass is 16.3. The zero-order valence-corrected chi connectivity index (χ0v) is 11.3. The van der Waals surface area contributed by atoms with Crippen LogP contribution in [0.15, 0.2) is 16.5 Å². The van der Waals surface area contributed by atoms with Crippen LogP contribution in [0, 0.1) is 0 Å². The fourth-order valence-electron chi connectivity index (χ4n) is 2.31. The predicted octanol–water partition coefficient (Wildman–Crippen LogP) is 1.43. The number of hydrogen-bond donors (Lipinski definition) is 2. The largest absolute Gasteiger partial charge is 0.458 e. The molecule has 1 atom stereocenters. The van der Waals surface area contributed by atoms with Crippen LogP contribution in [0.3, 0.4) is 0 Å². The Hall–Kier alpha value is -1.82. The Morgan fingerprint density at radius 3 is 3.11 bits per heavy atom. The quantitative estimate of drug-likeness (QED) is 0.874. The van der Waals surface area contributed by atoms with Gasteiger partial charge >= 0.3 is 0 Å². The maximum Gasteiger partial charge on any atom is 0.245 e. The van der Waals surface area contributed by atoms with Crippen LogP contribution in [0.25, 0.3) is 11.6 Å². The number of furan rings is 1. The third-order valence-electron chi connectivity index (χ3n) is 3.37. The molecule has 1 aliphatic rings. The standard InChI is InChI=1S/C13H19N5O/c1-3-10-4-5-11(19-10)12-15-13(17-16-12)18-7-6-14-9(2)8-18/h4-5,9,14H,3,6-8H2,1-2H3,(H,15,16,17)/t9-/m1/s1. The van der Waals surface area contributed by atoms with E-state index in [4.69, 9.17) is 4.42 Å². The Morgan fingerprint density at radius 2 is 2.37 bits per heavy atom. The summed E-state index contributed by atoms with van der Waals surface area (Å²) in [7, 11) is 0. The molecule has 2 aromatic rings. The van der Waals surface area contributed by atoms with Gasteiger partial charge in [0.25, 0.3) is 0 Å². The van der Waals surface area contributed by atoms with E-state index in [0.29, 0.717) is 11.9 Å². The van der Waals surface area contributed by atoms with Crippen molar-refractivity contribution in [1.29, 1.82) is 0 Å². The molecule has 3 heterocycles. The molecule has 6 heteroatoms. The van der Waals surface area contributed by atoms with E-state index in [1.165, 1.54) is 0 Å². The summed E-state index contributed by atoms with van der Waals surface area (Å²) in [6.45, 7) is 7.05. The lowest BCUT2D eigenvalue weighted by Crippen LogP contribution is -2.49. The second kappa shape index (κ2) is 5.05. The molecule has 0 saturated carbocycles. The summed E-state index contributed by atoms with van der Waals surface area (Å²) in [5.41, 5.74) is 0. The van der Waals surface area contributed by atoms with Gasteiger partial charge in [-0.05, 0) is 19.1 Å². The number of aromatic amines is 1. The van der Waals surface area contributed by atoms with Crippen molar-refractivity contribution < 1.29 is 4.42 Å². The molecule has 2 N–H and O–H groups in total. The molecule has 6 nitrogen and oxygen atoms in total. The number of anilines is 1. The van der Waals surface area contributed by atoms with Gasteiger partial charge in [0.05, 0.1) is 0 Å². The minimum Gasteiger partial charge on any atom is -0.458 e. The second-order valence-corrected chi connectivity index (χ2v) is 4.90. The third kappa shape index (κ3) is 2.49. The molecule has 2 aromatic heterocycles. The molecule has 1 fully saturated rings. The SMILES string of the molecule is CCc1ccc(-c2nc(N3CCN[C@H](C)C3)n[nH]2)o1. The van der Waals surface area contributed by atoms with Crippen molar-refractivity contribution in [1.82, 2.24) is 20.5 Å². The molecule has 0 unspecified atom stereocenters. The van der Waals surface area contributed by atoms with Gasteiger partial charge in [0.1, 0.15) is 5.76 Å². The molecule has 1 saturated heterocycles. The molecule has 0 bridgehead atoms. The summed E-state index contributed by atoms with van der Waals surface area (Å²) in [6.07, 6.45) is 0.885. The smallest absolute Gasteiger partial charge is 0.245 e. The second-order valence-electron chi connectivity index (χ2n) is 4.90. The summed E-state index contributed by atoms with van der Waals surface area (Å²) in [4.78, 5) is 6.71. The van der Waals surface area contributed by atoms with E-state index < -0.39 is 0 Å². The van der Waals surface area contributed by atoms with E-state index in [1.807, 2.05) is 12.1 Å². The maximum atomic E-state index is 5.68. The maximum absolute atomic E-state index is 5.68. The Labute approximate surface area is 112 Å². The highest BCUT2D eigenvalue weighted by molar-refractivity contribution is 5.49. The summed E-state index contributed by atoms with van der Waals surface area (Å²) >= 11 is 0. The molecule has 0 aromatic carbocycles. The van der Waals surface area contributed by atoms with Gasteiger partial charge in [-0.25, -0.2) is 0 Å². The lowest BCUT2D eigenvalue weighted by molar-refractivity contribution is 0.480. The van der Waals surface area contributed by atoms with Crippen LogP contribution in [-0.2, 0) is 6.42 Å². The van der Waals surface area contributed by atoms with E-state index in [-0.39, 0.29) is 0 Å². The monoisotopic (exact) mass is 261 g/mol. The zero-order chi connectivity index (χ0) is 13.2. The van der Waals surface area contributed by atoms with Crippen molar-refractivity contribution in [3.63, 3.8) is 0 Å². The first-order valence-corrected chi connectivity index (χ1v) is 6.76. The highest BCUT2D eigenvalue weighted by Gasteiger charge is 2.20. The molecular formula is C13H19N5O. The number of H-pyrrole nitrogens is 1. The molecular weight excluding hydrogens is 242 g/mol. The van der Waals surface area contributed by atoms with E-state index >= 15 is 0 Å². The van der Waals surface area contributed by atoms with Gasteiger partial charge in [-0.15, -0.1) is 5.10 Å². The van der Waals surface area contributed by atoms with Crippen LogP contribution in [0.1, 0.15) is 19.6 Å². The average Bonchev–Trinajstić information content (AvgIpc) is 3.07. The van der Waals surface area contributed by atoms with E-state index in [2.05, 4.69) is 39.2 Å². The van der Waals surface area contributed by atoms with Gasteiger partial charge in [0.15, 0.2) is 11.6 Å². The third-order valence-corrected chi connectivity index (χ3v) is 3.37. The number of piperazine rings is 1. The molecule has 0 amide bonds. The molecule has 0 radical (unpaired) electrons. The minimum atomic E-state index is 0.464. The van der Waals surface area contributed by atoms with E-state index in [9.17, 15) is 0 Å². The van der Waals surface area contributed by atoms with Crippen LogP contribution in [-0.4, -0.2) is 40.9 Å². The number of rotatable bonds is 3. The van der Waals surface area contributed by atoms with Crippen LogP contribution < -0.4 is 10.2 Å². The molecule has 102 valence electrons. The van der Waals surface area contributed by atoms with Crippen molar-refractivity contribution in [3.05, 3.63) is 17.9 Å². The van der Waals surface area contributed by atoms with Gasteiger partial charge < -0.3 is 14.6 Å². The lowest BCUT2D eigenvalue weighted by Gasteiger charge is -2.30. The van der Waals surface area contributed by atoms with Crippen LogP contribution >= 0.6 is 0 Å². The first-order chi connectivity index (χ1) is 9.26. The lowest BCUT2D eigenvalue weighted by atomic mass is 10.2. The highest BCUT2D eigenvalue weighted by Crippen LogP contribution is 2.21. The van der Waals surface area contributed by atoms with Gasteiger partial charge in [-0.2, -0.15) is 4.98 Å². The average molecular weight is 261 g/mol. The number of aromatic nitrogens is 3. The van der Waals surface area contributed by atoms with Crippen LogP contribution in [0.2, 0.25) is 0 Å². The molecule has 0 spiro atoms. The summed E-state index contributed by atoms with van der Waals surface area (Å²) < 4.78 is 5.68. The van der Waals surface area contributed by atoms with E-state index in [0.717, 1.165) is 43.5 Å². The first-order valence-electron chi connectivity index (χ1n) is 6.76. The Balaban J connectivity index is 1.78. The van der Waals surface area contributed by atoms with E-state index in [1.54, 1.807) is 0 Å². The predicted molar refractivity (Wildman–Crippen MR) is 73.1 cm³/mol. The zero-order valence-electron chi connectivity index (χ0n) is 11.3. The minimum absolute atomic E-state index is 0.464. The van der Waals surface area contributed by atoms with Crippen molar-refractivity contribution in [3.8, 4) is 11.6 Å². The van der Waals surface area contributed by atoms with Gasteiger partial charge in [-0.1, -0.05) is 6.92 Å². The van der Waals surface area contributed by atoms with Crippen molar-refractivity contribution in [2.45, 2.75) is 26.3 Å². The van der Waals surface area contributed by atoms with Gasteiger partial charge in [-0.3, -0.25) is 5.10 Å². The molecule has 1 aliphatic heterocycles. The summed E-state index contributed by atoms with van der Waals surface area (Å²) in [5.74, 6) is 3.15. The fourth-order valence-corrected chi connectivity index (χ4v) is 2.31. The topological polar surface area (TPSA) is 70.0 Å². The normalized spacial score (nSPS) is 19.9. The van der Waals surface area contributed by atoms with Gasteiger partial charge in [0.2, 0.25) is 5.95 Å². The molecule has 3 rings (SSSR count). The Bertz CT molecular complexity index is 547. The van der Waals surface area contributed by atoms with Crippen molar-refractivity contribution in [2.24, 2.45) is 0 Å². The number of aryl methyl sites for hydroxylation is 1. The van der Waals surface area contributed by atoms with Crippen molar-refractivity contribution >= 4 is 5.95 Å². The summed E-state index contributed by atoms with van der Waals surface area (Å²) in [5, 5.41) is 10.6. The first kappa shape index (κ1) is 12.2. The Kier molecular flexibility index (Phi) is 3.25. The summed E-state index contributed by atoms with van der Waals surface area (Å²) in [6, 6.07) is 4.37. The number of hydrogen-bond acceptors (Lipinski definition) is 5. The fraction of sp³-hybridized carbons (Fsp3) is 0.538. The van der Waals surface area contributed by atoms with Gasteiger partial charge in [0, 0.05) is 32.1 Å². The number of nitrogens with one attached hydrogen (secondary N) is 2. The van der Waals surface area contributed by atoms with Crippen LogP contribution in [0.4, 0.5) is 5.95 Å². The molecule has 0 aliphatic carbocycles. The number of nitrogens with zero attached hydrogens (tertiary/aromatic N) is 3. The van der Waals surface area contributed by atoms with Crippen molar-refractivity contribution in [2.75, 3.05) is 24.5 Å².